The van der Waals surface area contributed by atoms with Crippen LogP contribution in [-0.2, 0) is 10.4 Å². The Bertz CT molecular complexity index is 503. The van der Waals surface area contributed by atoms with Crippen molar-refractivity contribution in [1.82, 2.24) is 10.6 Å². The van der Waals surface area contributed by atoms with Crippen molar-refractivity contribution < 1.29 is 23.1 Å². The van der Waals surface area contributed by atoms with Crippen molar-refractivity contribution in [1.29, 1.82) is 0 Å². The van der Waals surface area contributed by atoms with Gasteiger partial charge < -0.3 is 15.7 Å². The highest BCUT2D eigenvalue weighted by atomic mass is 19.4. The normalized spacial score (nSPS) is 17.8. The molecule has 0 aliphatic heterocycles. The molecular weight excluding hydrogens is 297 g/mol. The van der Waals surface area contributed by atoms with Crippen LogP contribution < -0.4 is 10.6 Å². The van der Waals surface area contributed by atoms with E-state index in [1.165, 1.54) is 24.3 Å². The molecule has 0 bridgehead atoms. The van der Waals surface area contributed by atoms with E-state index in [0.717, 1.165) is 12.8 Å². The number of hydrogen-bond donors (Lipinski definition) is 3. The van der Waals surface area contributed by atoms with Crippen molar-refractivity contribution in [2.45, 2.75) is 24.6 Å². The van der Waals surface area contributed by atoms with E-state index in [9.17, 15) is 23.1 Å². The molecule has 122 valence electrons. The van der Waals surface area contributed by atoms with Gasteiger partial charge in [0, 0.05) is 0 Å². The molecule has 0 aromatic heterocycles. The summed E-state index contributed by atoms with van der Waals surface area (Å²) >= 11 is 0. The van der Waals surface area contributed by atoms with Crippen molar-refractivity contribution in [2.24, 2.45) is 5.92 Å². The number of aliphatic hydroxyl groups is 1. The summed E-state index contributed by atoms with van der Waals surface area (Å²) in [6, 6.07) is 6.74. The Labute approximate surface area is 126 Å². The summed E-state index contributed by atoms with van der Waals surface area (Å²) in [6.45, 7) is -0.278. The summed E-state index contributed by atoms with van der Waals surface area (Å²) in [6.07, 6.45) is -2.64. The fourth-order valence-electron chi connectivity index (χ4n) is 2.08. The van der Waals surface area contributed by atoms with Gasteiger partial charge in [0.15, 0.2) is 0 Å². The molecule has 7 heteroatoms. The fraction of sp³-hybridized carbons (Fsp3) is 0.533. The van der Waals surface area contributed by atoms with Crippen LogP contribution in [0.1, 0.15) is 18.4 Å². The summed E-state index contributed by atoms with van der Waals surface area (Å²) in [7, 11) is 0. The van der Waals surface area contributed by atoms with Crippen LogP contribution in [0.4, 0.5) is 13.2 Å². The zero-order valence-corrected chi connectivity index (χ0v) is 12.0. The van der Waals surface area contributed by atoms with E-state index in [-0.39, 0.29) is 12.1 Å². The Morgan fingerprint density at radius 1 is 1.23 bits per heavy atom. The van der Waals surface area contributed by atoms with E-state index in [0.29, 0.717) is 12.5 Å². The summed E-state index contributed by atoms with van der Waals surface area (Å²) < 4.78 is 39.6. The highest BCUT2D eigenvalue weighted by Gasteiger charge is 2.55. The molecule has 1 aliphatic rings. The van der Waals surface area contributed by atoms with Crippen molar-refractivity contribution >= 4 is 5.91 Å². The average Bonchev–Trinajstić information content (AvgIpc) is 3.28. The van der Waals surface area contributed by atoms with Crippen LogP contribution in [0.25, 0.3) is 0 Å². The van der Waals surface area contributed by atoms with E-state index in [1.54, 1.807) is 6.07 Å². The lowest BCUT2D eigenvalue weighted by molar-refractivity contribution is -0.264. The van der Waals surface area contributed by atoms with Crippen LogP contribution in [0.15, 0.2) is 30.3 Å². The van der Waals surface area contributed by atoms with Gasteiger partial charge >= 0.3 is 6.18 Å². The van der Waals surface area contributed by atoms with Crippen LogP contribution in [0, 0.1) is 5.92 Å². The lowest BCUT2D eigenvalue weighted by atomic mass is 9.93. The average molecular weight is 316 g/mol. The van der Waals surface area contributed by atoms with Gasteiger partial charge in [-0.05, 0) is 30.9 Å². The molecule has 1 fully saturated rings. The number of nitrogens with one attached hydrogen (secondary N) is 2. The van der Waals surface area contributed by atoms with Gasteiger partial charge in [-0.25, -0.2) is 0 Å². The third kappa shape index (κ3) is 4.20. The number of carbonyl (C=O) groups excluding carboxylic acids is 1. The van der Waals surface area contributed by atoms with Gasteiger partial charge in [-0.2, -0.15) is 13.2 Å². The lowest BCUT2D eigenvalue weighted by Gasteiger charge is -2.31. The largest absolute Gasteiger partial charge is 0.423 e. The van der Waals surface area contributed by atoms with Gasteiger partial charge in [0.25, 0.3) is 0 Å². The first kappa shape index (κ1) is 16.8. The molecule has 0 radical (unpaired) electrons. The zero-order chi connectivity index (χ0) is 16.2. The zero-order valence-electron chi connectivity index (χ0n) is 12.0. The highest BCUT2D eigenvalue weighted by molar-refractivity contribution is 5.78. The minimum Gasteiger partial charge on any atom is -0.375 e. The van der Waals surface area contributed by atoms with E-state index >= 15 is 0 Å². The molecule has 1 aromatic rings. The lowest BCUT2D eigenvalue weighted by Crippen LogP contribution is -2.52. The second-order valence-corrected chi connectivity index (χ2v) is 5.58. The molecule has 0 spiro atoms. The summed E-state index contributed by atoms with van der Waals surface area (Å²) in [5.41, 5.74) is -3.39. The number of carbonyl (C=O) groups is 1. The van der Waals surface area contributed by atoms with Gasteiger partial charge in [0.2, 0.25) is 11.5 Å². The standard InChI is InChI=1S/C15H19F3N2O2/c16-15(17,18)14(22,12-4-2-1-3-5-12)10-20-13(21)9-19-8-11-6-7-11/h1-5,11,19,22H,6-10H2,(H,20,21). The highest BCUT2D eigenvalue weighted by Crippen LogP contribution is 2.38. The Hall–Kier alpha value is -1.60. The molecule has 1 saturated carbocycles. The van der Waals surface area contributed by atoms with E-state index in [1.807, 2.05) is 0 Å². The number of alkyl halides is 3. The number of halogens is 3. The Morgan fingerprint density at radius 2 is 1.86 bits per heavy atom. The molecule has 3 N–H and O–H groups in total. The van der Waals surface area contributed by atoms with Crippen LogP contribution >= 0.6 is 0 Å². The molecule has 1 amide bonds. The quantitative estimate of drug-likeness (QED) is 0.715. The van der Waals surface area contributed by atoms with Crippen molar-refractivity contribution in [3.8, 4) is 0 Å². The first-order valence-electron chi connectivity index (χ1n) is 7.15. The number of benzene rings is 1. The Balaban J connectivity index is 1.93. The number of amides is 1. The van der Waals surface area contributed by atoms with Crippen LogP contribution in [0.2, 0.25) is 0 Å². The number of hydrogen-bond acceptors (Lipinski definition) is 3. The van der Waals surface area contributed by atoms with E-state index in [2.05, 4.69) is 10.6 Å². The first-order chi connectivity index (χ1) is 10.3. The van der Waals surface area contributed by atoms with Crippen molar-refractivity contribution in [3.63, 3.8) is 0 Å². The summed E-state index contributed by atoms with van der Waals surface area (Å²) in [5, 5.41) is 15.1. The van der Waals surface area contributed by atoms with E-state index in [4.69, 9.17) is 0 Å². The third-order valence-corrected chi connectivity index (χ3v) is 3.68. The Kier molecular flexibility index (Phi) is 5.08. The van der Waals surface area contributed by atoms with Crippen LogP contribution in [-0.4, -0.2) is 36.8 Å². The molecule has 22 heavy (non-hydrogen) atoms. The fourth-order valence-corrected chi connectivity index (χ4v) is 2.08. The predicted molar refractivity (Wildman–Crippen MR) is 75.0 cm³/mol. The molecule has 1 aliphatic carbocycles. The van der Waals surface area contributed by atoms with Gasteiger partial charge in [-0.1, -0.05) is 30.3 Å². The molecule has 4 nitrogen and oxygen atoms in total. The number of rotatable bonds is 7. The van der Waals surface area contributed by atoms with Gasteiger partial charge in [-0.15, -0.1) is 0 Å². The van der Waals surface area contributed by atoms with E-state index < -0.39 is 24.2 Å². The van der Waals surface area contributed by atoms with Crippen LogP contribution in [0.5, 0.6) is 0 Å². The topological polar surface area (TPSA) is 61.4 Å². The predicted octanol–water partition coefficient (Wildman–Crippen LogP) is 1.55. The van der Waals surface area contributed by atoms with Gasteiger partial charge in [-0.3, -0.25) is 4.79 Å². The minimum atomic E-state index is -4.89. The van der Waals surface area contributed by atoms with Crippen LogP contribution in [0.3, 0.4) is 0 Å². The molecule has 1 atom stereocenters. The maximum absolute atomic E-state index is 13.2. The molecule has 0 saturated heterocycles. The molecule has 2 rings (SSSR count). The van der Waals surface area contributed by atoms with Gasteiger partial charge in [0.05, 0.1) is 13.1 Å². The summed E-state index contributed by atoms with van der Waals surface area (Å²) in [5.74, 6) is 0.00322. The first-order valence-corrected chi connectivity index (χ1v) is 7.15. The second-order valence-electron chi connectivity index (χ2n) is 5.58. The maximum Gasteiger partial charge on any atom is 0.423 e. The Morgan fingerprint density at radius 3 is 2.41 bits per heavy atom. The summed E-state index contributed by atoms with van der Waals surface area (Å²) in [4.78, 5) is 11.6. The van der Waals surface area contributed by atoms with Gasteiger partial charge in [0.1, 0.15) is 0 Å². The molecule has 1 unspecified atom stereocenters. The molecule has 1 aromatic carbocycles. The second kappa shape index (κ2) is 6.66. The SMILES string of the molecule is O=C(CNCC1CC1)NCC(O)(c1ccccc1)C(F)(F)F. The monoisotopic (exact) mass is 316 g/mol. The molecular formula is C15H19F3N2O2. The maximum atomic E-state index is 13.2. The molecule has 0 heterocycles. The van der Waals surface area contributed by atoms with Crippen molar-refractivity contribution in [3.05, 3.63) is 35.9 Å². The van der Waals surface area contributed by atoms with Crippen molar-refractivity contribution in [2.75, 3.05) is 19.6 Å². The third-order valence-electron chi connectivity index (χ3n) is 3.68. The minimum absolute atomic E-state index is 0.0563. The smallest absolute Gasteiger partial charge is 0.375 e.